The number of ketones is 3. The number of Topliss-reactive ketones (excluding diaryl/α,β-unsaturated/α-hetero) is 3. The molecule has 0 aliphatic carbocycles. The van der Waals surface area contributed by atoms with Crippen LogP contribution in [-0.2, 0) is 94.7 Å². The third-order valence-corrected chi connectivity index (χ3v) is 12.0. The van der Waals surface area contributed by atoms with E-state index in [4.69, 9.17) is 46.8 Å². The zero-order valence-electron chi connectivity index (χ0n) is 44.9. The molecule has 1 saturated heterocycles. The molecule has 2 N–H and O–H groups in total. The van der Waals surface area contributed by atoms with Crippen LogP contribution in [0.15, 0.2) is 91.0 Å². The molecular formula is C54H68Br2O16S5. The van der Waals surface area contributed by atoms with E-state index in [2.05, 4.69) is 118 Å². The number of alkyl halides is 2. The Morgan fingerprint density at radius 2 is 0.818 bits per heavy atom. The third kappa shape index (κ3) is 35.8. The summed E-state index contributed by atoms with van der Waals surface area (Å²) in [7, 11) is 0. The van der Waals surface area contributed by atoms with Crippen LogP contribution in [0.5, 0.6) is 5.75 Å². The molecular weight excluding hydrogens is 1220 g/mol. The van der Waals surface area contributed by atoms with Crippen LogP contribution >= 0.6 is 31.9 Å². The average molecular weight is 1290 g/mol. The van der Waals surface area contributed by atoms with Crippen LogP contribution in [0.2, 0.25) is 0 Å². The Hall–Kier alpha value is -5.11. The van der Waals surface area contributed by atoms with Gasteiger partial charge in [-0.2, -0.15) is 42.1 Å². The number of rotatable bonds is 12. The van der Waals surface area contributed by atoms with E-state index in [1.165, 1.54) is 57.0 Å². The van der Waals surface area contributed by atoms with Crippen molar-refractivity contribution in [2.75, 3.05) is 17.3 Å². The van der Waals surface area contributed by atoms with Crippen molar-refractivity contribution in [2.24, 2.45) is 0 Å². The van der Waals surface area contributed by atoms with E-state index in [1.54, 1.807) is 25.1 Å². The van der Waals surface area contributed by atoms with Gasteiger partial charge in [0.25, 0.3) is 0 Å². The lowest BCUT2D eigenvalue weighted by Gasteiger charge is -2.10. The average Bonchev–Trinajstić information content (AvgIpc) is 4.27. The molecule has 23 heteroatoms. The maximum atomic E-state index is 11.3. The van der Waals surface area contributed by atoms with Gasteiger partial charge in [0, 0.05) is 22.0 Å². The fourth-order valence-electron chi connectivity index (χ4n) is 6.54. The molecule has 0 aromatic heterocycles. The van der Waals surface area contributed by atoms with E-state index in [0.717, 1.165) is 61.0 Å². The predicted octanol–water partition coefficient (Wildman–Crippen LogP) is 10.3. The summed E-state index contributed by atoms with van der Waals surface area (Å²) in [6.07, 6.45) is 4.87. The monoisotopic (exact) mass is 1290 g/mol. The topological polar surface area (TPSA) is 275 Å². The number of ether oxygens (including phenoxy) is 1. The second-order valence-corrected chi connectivity index (χ2v) is 17.7. The van der Waals surface area contributed by atoms with Crippen LogP contribution in [0.4, 0.5) is 0 Å². The number of halogens is 2. The summed E-state index contributed by atoms with van der Waals surface area (Å²) in [6, 6.07) is 29.5. The number of benzene rings is 5. The Morgan fingerprint density at radius 3 is 1.17 bits per heavy atom. The molecule has 1 fully saturated rings. The molecule has 1 aliphatic heterocycles. The van der Waals surface area contributed by atoms with Crippen LogP contribution in [0, 0.1) is 27.7 Å². The van der Waals surface area contributed by atoms with Crippen molar-refractivity contribution in [3.63, 3.8) is 0 Å². The summed E-state index contributed by atoms with van der Waals surface area (Å²) in [4.78, 5) is 33.3. The Balaban J connectivity index is -0.000000405. The minimum atomic E-state index is -0.750. The summed E-state index contributed by atoms with van der Waals surface area (Å²) in [5, 5.41) is 19.9. The van der Waals surface area contributed by atoms with Crippen LogP contribution in [0.1, 0.15) is 153 Å². The van der Waals surface area contributed by atoms with Crippen molar-refractivity contribution in [1.82, 2.24) is 0 Å². The normalized spacial score (nSPS) is 11.0. The highest BCUT2D eigenvalue weighted by atomic mass is 79.9. The number of aliphatic hydroxyl groups excluding tert-OH is 1. The maximum absolute atomic E-state index is 11.3. The van der Waals surface area contributed by atoms with Crippen LogP contribution in [-0.4, -0.2) is 86.9 Å². The number of carbonyl (C=O) groups excluding carboxylic acids is 3. The smallest absolute Gasteiger partial charge is 0.335 e. The van der Waals surface area contributed by atoms with Crippen molar-refractivity contribution in [1.29, 1.82) is 0 Å². The molecule has 0 spiro atoms. The van der Waals surface area contributed by atoms with E-state index in [0.29, 0.717) is 22.3 Å². The molecule has 16 nitrogen and oxygen atoms in total. The van der Waals surface area contributed by atoms with E-state index in [1.807, 2.05) is 49.4 Å². The standard InChI is InChI=1S/C11H15BrO.C11H13BrO.2C11H14O.C10H12O2.5O2S/c2*1-3-9-6-10(11(13)7-12)5-4-8(9)2;1-3-9-6-10(11-7-12-11)5-4-8(9)2;1-4-10-7-11(9(3)12)6-5-8(10)2;1-3-8-6-9(7(2)11)4-5-10(8)12;5*1-3-2/h4-6,11,13H,3,7H2,1-2H3;4-6H,3,7H2,1-2H3;4-6,11H,3,7H2,1-2H3;5-7H,4H2,1-3H3;4-6,12H,3H2,1-2H3;;;;;/t11-;;11-;;;;;;;/m0.0......./s1. The zero-order valence-corrected chi connectivity index (χ0v) is 52.1. The molecule has 1 heterocycles. The van der Waals surface area contributed by atoms with Crippen molar-refractivity contribution in [3.05, 3.63) is 169 Å². The molecule has 0 unspecified atom stereocenters. The minimum Gasteiger partial charge on any atom is -0.508 e. The number of epoxide rings is 1. The van der Waals surface area contributed by atoms with Gasteiger partial charge in [0.1, 0.15) is 11.9 Å². The van der Waals surface area contributed by atoms with E-state index in [9.17, 15) is 24.6 Å². The van der Waals surface area contributed by atoms with Gasteiger partial charge < -0.3 is 14.9 Å². The molecule has 2 atom stereocenters. The Kier molecular flexibility index (Phi) is 50.1. The van der Waals surface area contributed by atoms with E-state index >= 15 is 0 Å². The number of hydrogen-bond donors (Lipinski definition) is 2. The van der Waals surface area contributed by atoms with Crippen LogP contribution in [0.25, 0.3) is 0 Å². The highest BCUT2D eigenvalue weighted by molar-refractivity contribution is 9.09. The molecule has 5 aromatic carbocycles. The number of aliphatic hydroxyl groups is 1. The number of aromatic hydroxyl groups is 1. The Labute approximate surface area is 487 Å². The van der Waals surface area contributed by atoms with E-state index in [-0.39, 0.29) is 29.2 Å². The molecule has 0 saturated carbocycles. The maximum Gasteiger partial charge on any atom is 0.335 e. The molecule has 0 bridgehead atoms. The van der Waals surface area contributed by atoms with Gasteiger partial charge >= 0.3 is 57.9 Å². The molecule has 1 aliphatic rings. The zero-order chi connectivity index (χ0) is 60.1. The Bertz CT molecular complexity index is 2620. The molecule has 77 heavy (non-hydrogen) atoms. The SMILES string of the molecule is CCc1cc(C(=O)CBr)ccc1C.CCc1cc(C(C)=O)ccc1C.CCc1cc(C(C)=O)ccc1O.CCc1cc([C@@H](O)CBr)ccc1C.CCc1cc([C@@H]2CO2)ccc1C.O=S=O.O=S=O.O=S=O.O=S=O.O=S=O. The molecule has 5 aromatic rings. The summed E-state index contributed by atoms with van der Waals surface area (Å²) in [5.41, 5.74) is 15.9. The second kappa shape index (κ2) is 49.2. The lowest BCUT2D eigenvalue weighted by molar-refractivity contribution is 0.100. The largest absolute Gasteiger partial charge is 0.508 e. The van der Waals surface area contributed by atoms with Crippen LogP contribution in [0.3, 0.4) is 0 Å². The summed E-state index contributed by atoms with van der Waals surface area (Å²) in [5.74, 6) is 0.589. The molecule has 6 rings (SSSR count). The first kappa shape index (κ1) is 78.4. The first-order valence-electron chi connectivity index (χ1n) is 23.3. The van der Waals surface area contributed by atoms with Gasteiger partial charge in [-0.3, -0.25) is 14.4 Å². The highest BCUT2D eigenvalue weighted by Gasteiger charge is 2.24. The number of carbonyl (C=O) groups is 3. The van der Waals surface area contributed by atoms with Crippen molar-refractivity contribution in [2.45, 2.75) is 120 Å². The molecule has 0 radical (unpaired) electrons. The highest BCUT2D eigenvalue weighted by Crippen LogP contribution is 2.31. The lowest BCUT2D eigenvalue weighted by Crippen LogP contribution is -2.01. The van der Waals surface area contributed by atoms with Gasteiger partial charge in [-0.1, -0.05) is 127 Å². The van der Waals surface area contributed by atoms with Gasteiger partial charge in [0.05, 0.1) is 18.0 Å². The number of aryl methyl sites for hydroxylation is 9. The van der Waals surface area contributed by atoms with Gasteiger partial charge in [-0.15, -0.1) is 0 Å². The van der Waals surface area contributed by atoms with Crippen molar-refractivity contribution < 1.29 is 71.4 Å². The van der Waals surface area contributed by atoms with Gasteiger partial charge in [0.2, 0.25) is 0 Å². The van der Waals surface area contributed by atoms with Gasteiger partial charge in [-0.05, 0) is 165 Å². The number of hydrogen-bond acceptors (Lipinski definition) is 16. The third-order valence-electron chi connectivity index (χ3n) is 10.9. The van der Waals surface area contributed by atoms with Gasteiger partial charge in [-0.25, -0.2) is 0 Å². The first-order valence-corrected chi connectivity index (χ1v) is 28.9. The Morgan fingerprint density at radius 1 is 0.506 bits per heavy atom. The van der Waals surface area contributed by atoms with Gasteiger partial charge in [0.15, 0.2) is 17.3 Å². The molecule has 424 valence electrons. The predicted molar refractivity (Wildman–Crippen MR) is 310 cm³/mol. The van der Waals surface area contributed by atoms with E-state index < -0.39 is 57.9 Å². The van der Waals surface area contributed by atoms with Crippen molar-refractivity contribution in [3.8, 4) is 5.75 Å². The quantitative estimate of drug-likeness (QED) is 0.0667. The summed E-state index contributed by atoms with van der Waals surface area (Å²) < 4.78 is 88.2. The summed E-state index contributed by atoms with van der Waals surface area (Å²) in [6.45, 7) is 22.9. The fraction of sp³-hybridized carbons (Fsp3) is 0.389. The molecule has 0 amide bonds. The first-order chi connectivity index (χ1) is 36.5. The fourth-order valence-corrected chi connectivity index (χ4v) is 7.24. The number of phenolic OH excluding ortho intramolecular Hbond substituents is 1. The lowest BCUT2D eigenvalue weighted by atomic mass is 10.0. The minimum absolute atomic E-state index is 0.0321. The van der Waals surface area contributed by atoms with Crippen LogP contribution < -0.4 is 0 Å². The summed E-state index contributed by atoms with van der Waals surface area (Å²) >= 11 is 2.68. The van der Waals surface area contributed by atoms with Crippen molar-refractivity contribution >= 4 is 107 Å². The number of phenols is 1. The second-order valence-electron chi connectivity index (χ2n) is 15.8.